The van der Waals surface area contributed by atoms with Crippen LogP contribution in [-0.4, -0.2) is 53.3 Å². The molecule has 3 atom stereocenters. The molecule has 9 heteroatoms. The van der Waals surface area contributed by atoms with Gasteiger partial charge in [-0.1, -0.05) is 13.8 Å². The molecule has 0 bridgehead atoms. The monoisotopic (exact) mass is 362 g/mol. The molecule has 0 unspecified atom stereocenters. The molecule has 2 amide bonds. The molecule has 0 aromatic carbocycles. The lowest BCUT2D eigenvalue weighted by Crippen LogP contribution is -2.55. The zero-order chi connectivity index (χ0) is 18.7. The third-order valence-electron chi connectivity index (χ3n) is 3.44. The van der Waals surface area contributed by atoms with Crippen LogP contribution in [0, 0.1) is 5.92 Å². The van der Waals surface area contributed by atoms with Gasteiger partial charge in [-0.2, -0.15) is 12.6 Å². The first kappa shape index (κ1) is 22.7. The summed E-state index contributed by atoms with van der Waals surface area (Å²) in [7, 11) is 0. The Kier molecular flexibility index (Phi) is 11.4. The van der Waals surface area contributed by atoms with Crippen LogP contribution < -0.4 is 22.1 Å². The summed E-state index contributed by atoms with van der Waals surface area (Å²) in [6, 6.07) is -2.66. The fourth-order valence-corrected chi connectivity index (χ4v) is 2.25. The smallest absolute Gasteiger partial charge is 0.326 e. The average molecular weight is 362 g/mol. The van der Waals surface area contributed by atoms with Crippen molar-refractivity contribution >= 4 is 30.4 Å². The molecule has 0 saturated carbocycles. The van der Waals surface area contributed by atoms with Crippen LogP contribution in [0.2, 0.25) is 0 Å². The first-order valence-corrected chi connectivity index (χ1v) is 8.76. The van der Waals surface area contributed by atoms with E-state index in [0.717, 1.165) is 0 Å². The average Bonchev–Trinajstić information content (AvgIpc) is 2.51. The Balaban J connectivity index is 4.88. The van der Waals surface area contributed by atoms with Crippen LogP contribution in [0.4, 0.5) is 0 Å². The summed E-state index contributed by atoms with van der Waals surface area (Å²) in [5, 5.41) is 14.3. The molecule has 7 N–H and O–H groups in total. The molecule has 0 aromatic heterocycles. The minimum absolute atomic E-state index is 0.133. The Morgan fingerprint density at radius 1 is 1.08 bits per heavy atom. The van der Waals surface area contributed by atoms with Crippen LogP contribution in [0.5, 0.6) is 0 Å². The van der Waals surface area contributed by atoms with Gasteiger partial charge in [-0.15, -0.1) is 0 Å². The van der Waals surface area contributed by atoms with Crippen molar-refractivity contribution in [3.8, 4) is 0 Å². The molecule has 0 radical (unpaired) electrons. The fourth-order valence-electron chi connectivity index (χ4n) is 2.09. The number of hydrogen-bond donors (Lipinski definition) is 6. The normalized spacial score (nSPS) is 14.8. The van der Waals surface area contributed by atoms with E-state index in [4.69, 9.17) is 11.5 Å². The van der Waals surface area contributed by atoms with E-state index in [1.807, 2.05) is 13.8 Å². The van der Waals surface area contributed by atoms with Crippen LogP contribution in [0.25, 0.3) is 0 Å². The van der Waals surface area contributed by atoms with Crippen molar-refractivity contribution in [3.05, 3.63) is 0 Å². The number of carbonyl (C=O) groups is 3. The van der Waals surface area contributed by atoms with E-state index in [9.17, 15) is 19.5 Å². The molecule has 0 aliphatic rings. The first-order chi connectivity index (χ1) is 11.2. The summed E-state index contributed by atoms with van der Waals surface area (Å²) in [4.78, 5) is 35.6. The number of thiol groups is 1. The Morgan fingerprint density at radius 3 is 2.12 bits per heavy atom. The highest BCUT2D eigenvalue weighted by atomic mass is 32.1. The minimum atomic E-state index is -1.11. The summed E-state index contributed by atoms with van der Waals surface area (Å²) in [6.45, 7) is 4.27. The number of unbranched alkanes of at least 4 members (excludes halogenated alkanes) is 1. The molecular formula is C15H30N4O4S. The van der Waals surface area contributed by atoms with Gasteiger partial charge in [-0.3, -0.25) is 9.59 Å². The van der Waals surface area contributed by atoms with Crippen LogP contribution in [0.3, 0.4) is 0 Å². The molecule has 0 spiro atoms. The maximum absolute atomic E-state index is 12.4. The van der Waals surface area contributed by atoms with E-state index < -0.39 is 35.9 Å². The quantitative estimate of drug-likeness (QED) is 0.203. The van der Waals surface area contributed by atoms with Crippen LogP contribution >= 0.6 is 12.6 Å². The van der Waals surface area contributed by atoms with Crippen molar-refractivity contribution in [1.82, 2.24) is 10.6 Å². The Morgan fingerprint density at radius 2 is 1.67 bits per heavy atom. The highest BCUT2D eigenvalue weighted by Gasteiger charge is 2.27. The number of nitrogens with two attached hydrogens (primary N) is 2. The molecule has 140 valence electrons. The molecular weight excluding hydrogens is 332 g/mol. The second-order valence-electron chi connectivity index (χ2n) is 6.16. The highest BCUT2D eigenvalue weighted by Crippen LogP contribution is 2.07. The SMILES string of the molecule is CC(C)C[C@H](NC(=O)[C@@H](N)CS)C(=O)N[C@@H](CCCCN)C(=O)O. The van der Waals surface area contributed by atoms with Crippen molar-refractivity contribution in [3.63, 3.8) is 0 Å². The van der Waals surface area contributed by atoms with E-state index in [0.29, 0.717) is 25.8 Å². The van der Waals surface area contributed by atoms with Gasteiger partial charge in [-0.25, -0.2) is 4.79 Å². The third kappa shape index (κ3) is 9.09. The fraction of sp³-hybridized carbons (Fsp3) is 0.800. The summed E-state index contributed by atoms with van der Waals surface area (Å²) in [6.07, 6.45) is 1.95. The van der Waals surface area contributed by atoms with E-state index >= 15 is 0 Å². The van der Waals surface area contributed by atoms with Crippen molar-refractivity contribution in [2.45, 2.75) is 57.7 Å². The molecule has 24 heavy (non-hydrogen) atoms. The highest BCUT2D eigenvalue weighted by molar-refractivity contribution is 7.80. The van der Waals surface area contributed by atoms with E-state index in [1.165, 1.54) is 0 Å². The lowest BCUT2D eigenvalue weighted by Gasteiger charge is -2.23. The molecule has 0 heterocycles. The van der Waals surface area contributed by atoms with Gasteiger partial charge in [0.25, 0.3) is 0 Å². The van der Waals surface area contributed by atoms with Gasteiger partial charge in [0.15, 0.2) is 0 Å². The van der Waals surface area contributed by atoms with Crippen molar-refractivity contribution in [2.24, 2.45) is 17.4 Å². The molecule has 0 aromatic rings. The maximum atomic E-state index is 12.4. The van der Waals surface area contributed by atoms with Crippen molar-refractivity contribution in [1.29, 1.82) is 0 Å². The van der Waals surface area contributed by atoms with Crippen molar-refractivity contribution in [2.75, 3.05) is 12.3 Å². The predicted octanol–water partition coefficient (Wildman–Crippen LogP) is -0.527. The molecule has 0 aliphatic heterocycles. The van der Waals surface area contributed by atoms with Crippen LogP contribution in [0.1, 0.15) is 39.5 Å². The molecule has 0 saturated heterocycles. The van der Waals surface area contributed by atoms with Crippen molar-refractivity contribution < 1.29 is 19.5 Å². The van der Waals surface area contributed by atoms with Gasteiger partial charge in [0.2, 0.25) is 11.8 Å². The molecule has 8 nitrogen and oxygen atoms in total. The molecule has 0 fully saturated rings. The third-order valence-corrected chi connectivity index (χ3v) is 3.83. The minimum Gasteiger partial charge on any atom is -0.480 e. The van der Waals surface area contributed by atoms with Crippen LogP contribution in [0.15, 0.2) is 0 Å². The summed E-state index contributed by atoms with van der Waals surface area (Å²) >= 11 is 3.95. The van der Waals surface area contributed by atoms with Gasteiger partial charge in [0.05, 0.1) is 6.04 Å². The number of carbonyl (C=O) groups excluding carboxylic acids is 2. The largest absolute Gasteiger partial charge is 0.480 e. The zero-order valence-corrected chi connectivity index (χ0v) is 15.2. The Hall–Kier alpha value is -1.32. The second-order valence-corrected chi connectivity index (χ2v) is 6.53. The lowest BCUT2D eigenvalue weighted by atomic mass is 10.0. The van der Waals surface area contributed by atoms with Gasteiger partial charge in [0.1, 0.15) is 12.1 Å². The number of carboxylic acid groups (broad SMARTS) is 1. The van der Waals surface area contributed by atoms with Crippen LogP contribution in [-0.2, 0) is 14.4 Å². The standard InChI is InChI=1S/C15H30N4O4S/c1-9(2)7-12(19-13(20)10(17)8-24)14(21)18-11(15(22)23)5-3-4-6-16/h9-12,24H,3-8,16-17H2,1-2H3,(H,18,21)(H,19,20)(H,22,23)/t10-,11-,12-/m0/s1. The summed E-state index contributed by atoms with van der Waals surface area (Å²) in [5.41, 5.74) is 11.0. The number of rotatable bonds is 12. The summed E-state index contributed by atoms with van der Waals surface area (Å²) in [5.74, 6) is -1.83. The Bertz CT molecular complexity index is 420. The van der Waals surface area contributed by atoms with E-state index in [-0.39, 0.29) is 18.1 Å². The van der Waals surface area contributed by atoms with E-state index in [1.54, 1.807) is 0 Å². The maximum Gasteiger partial charge on any atom is 0.326 e. The number of amides is 2. The lowest BCUT2D eigenvalue weighted by molar-refractivity contribution is -0.142. The molecule has 0 aliphatic carbocycles. The zero-order valence-electron chi connectivity index (χ0n) is 14.3. The van der Waals surface area contributed by atoms with Gasteiger partial charge in [-0.05, 0) is 38.1 Å². The van der Waals surface area contributed by atoms with Gasteiger partial charge >= 0.3 is 5.97 Å². The number of aliphatic carboxylic acids is 1. The first-order valence-electron chi connectivity index (χ1n) is 8.12. The predicted molar refractivity (Wildman–Crippen MR) is 95.7 cm³/mol. The van der Waals surface area contributed by atoms with Gasteiger partial charge in [0, 0.05) is 5.75 Å². The van der Waals surface area contributed by atoms with E-state index in [2.05, 4.69) is 23.3 Å². The second kappa shape index (κ2) is 12.1. The number of hydrogen-bond acceptors (Lipinski definition) is 6. The number of nitrogens with one attached hydrogen (secondary N) is 2. The summed E-state index contributed by atoms with van der Waals surface area (Å²) < 4.78 is 0. The van der Waals surface area contributed by atoms with Gasteiger partial charge < -0.3 is 27.2 Å². The number of carboxylic acids is 1. The molecule has 0 rings (SSSR count). The Labute approximate surface area is 148 Å². The topological polar surface area (TPSA) is 148 Å².